The second kappa shape index (κ2) is 10.8. The molecule has 3 rings (SSSR count). The summed E-state index contributed by atoms with van der Waals surface area (Å²) >= 11 is 3.28. The van der Waals surface area contributed by atoms with Crippen molar-refractivity contribution >= 4 is 44.4 Å². The summed E-state index contributed by atoms with van der Waals surface area (Å²) in [5.74, 6) is 1.62. The van der Waals surface area contributed by atoms with E-state index in [1.807, 2.05) is 35.2 Å². The molecule has 30 heavy (non-hydrogen) atoms. The Labute approximate surface area is 187 Å². The molecule has 0 radical (unpaired) electrons. The number of benzene rings is 2. The zero-order valence-electron chi connectivity index (χ0n) is 18.1. The fourth-order valence-electron chi connectivity index (χ4n) is 3.16. The molecule has 0 atom stereocenters. The highest BCUT2D eigenvalue weighted by atomic mass is 32.2. The molecule has 0 saturated carbocycles. The molecule has 0 aliphatic rings. The zero-order valence-corrected chi connectivity index (χ0v) is 19.7. The van der Waals surface area contributed by atoms with Crippen LogP contribution in [0.3, 0.4) is 0 Å². The van der Waals surface area contributed by atoms with Crippen LogP contribution in [-0.2, 0) is 4.79 Å². The van der Waals surface area contributed by atoms with Crippen molar-refractivity contribution in [3.63, 3.8) is 0 Å². The van der Waals surface area contributed by atoms with Crippen molar-refractivity contribution in [1.29, 1.82) is 0 Å². The molecular weight excluding hydrogens is 414 g/mol. The first kappa shape index (κ1) is 22.6. The summed E-state index contributed by atoms with van der Waals surface area (Å²) in [6.45, 7) is 3.66. The van der Waals surface area contributed by atoms with E-state index in [4.69, 9.17) is 9.72 Å². The SMILES string of the molecule is COc1ccc(C)c2sc(N(CCCN(C)C)C(=O)CCSc3ccccc3)nc12. The smallest absolute Gasteiger partial charge is 0.229 e. The maximum absolute atomic E-state index is 13.2. The number of hydrogen-bond donors (Lipinski definition) is 0. The van der Waals surface area contributed by atoms with Crippen molar-refractivity contribution in [3.8, 4) is 5.75 Å². The third-order valence-electron chi connectivity index (χ3n) is 4.76. The molecular formula is C23H29N3O2S2. The molecule has 7 heteroatoms. The van der Waals surface area contributed by atoms with Gasteiger partial charge in [0.25, 0.3) is 0 Å². The average molecular weight is 444 g/mol. The van der Waals surface area contributed by atoms with Crippen molar-refractivity contribution in [2.45, 2.75) is 24.7 Å². The molecule has 1 amide bonds. The van der Waals surface area contributed by atoms with Gasteiger partial charge < -0.3 is 9.64 Å². The van der Waals surface area contributed by atoms with Crippen molar-refractivity contribution in [2.24, 2.45) is 0 Å². The van der Waals surface area contributed by atoms with Crippen LogP contribution in [-0.4, -0.2) is 55.8 Å². The number of carbonyl (C=O) groups is 1. The van der Waals surface area contributed by atoms with Crippen LogP contribution in [0.1, 0.15) is 18.4 Å². The Kier molecular flexibility index (Phi) is 8.13. The van der Waals surface area contributed by atoms with E-state index >= 15 is 0 Å². The van der Waals surface area contributed by atoms with Gasteiger partial charge >= 0.3 is 0 Å². The van der Waals surface area contributed by atoms with Gasteiger partial charge in [-0.25, -0.2) is 4.98 Å². The van der Waals surface area contributed by atoms with E-state index in [9.17, 15) is 4.79 Å². The summed E-state index contributed by atoms with van der Waals surface area (Å²) < 4.78 is 6.57. The maximum Gasteiger partial charge on any atom is 0.229 e. The number of thioether (sulfide) groups is 1. The lowest BCUT2D eigenvalue weighted by Crippen LogP contribution is -2.33. The quantitative estimate of drug-likeness (QED) is 0.409. The van der Waals surface area contributed by atoms with Crippen molar-refractivity contribution in [1.82, 2.24) is 9.88 Å². The van der Waals surface area contributed by atoms with E-state index in [0.717, 1.165) is 45.4 Å². The Morgan fingerprint density at radius 3 is 2.60 bits per heavy atom. The number of amides is 1. The predicted octanol–water partition coefficient (Wildman–Crippen LogP) is 5.08. The van der Waals surface area contributed by atoms with Gasteiger partial charge in [-0.05, 0) is 57.7 Å². The van der Waals surface area contributed by atoms with Gasteiger partial charge in [-0.3, -0.25) is 9.69 Å². The largest absolute Gasteiger partial charge is 0.494 e. The first-order chi connectivity index (χ1) is 14.5. The Morgan fingerprint density at radius 1 is 1.13 bits per heavy atom. The Balaban J connectivity index is 1.78. The molecule has 0 bridgehead atoms. The molecule has 3 aromatic rings. The topological polar surface area (TPSA) is 45.7 Å². The molecule has 5 nitrogen and oxygen atoms in total. The van der Waals surface area contributed by atoms with Crippen LogP contribution >= 0.6 is 23.1 Å². The van der Waals surface area contributed by atoms with E-state index in [-0.39, 0.29) is 5.91 Å². The minimum absolute atomic E-state index is 0.118. The van der Waals surface area contributed by atoms with Crippen LogP contribution in [0.2, 0.25) is 0 Å². The van der Waals surface area contributed by atoms with Crippen LogP contribution in [0.4, 0.5) is 5.13 Å². The number of ether oxygens (including phenoxy) is 1. The number of aryl methyl sites for hydroxylation is 1. The maximum atomic E-state index is 13.2. The zero-order chi connectivity index (χ0) is 21.5. The molecule has 0 fully saturated rings. The van der Waals surface area contributed by atoms with E-state index in [1.54, 1.807) is 30.2 Å². The predicted molar refractivity (Wildman–Crippen MR) is 128 cm³/mol. The molecule has 0 unspecified atom stereocenters. The number of nitrogens with zero attached hydrogens (tertiary/aromatic N) is 3. The lowest BCUT2D eigenvalue weighted by molar-refractivity contribution is -0.118. The van der Waals surface area contributed by atoms with Gasteiger partial charge in [0.15, 0.2) is 5.13 Å². The van der Waals surface area contributed by atoms with Gasteiger partial charge in [0.2, 0.25) is 5.91 Å². The summed E-state index contributed by atoms with van der Waals surface area (Å²) in [5.41, 5.74) is 1.98. The molecule has 2 aromatic carbocycles. The third-order valence-corrected chi connectivity index (χ3v) is 6.99. The van der Waals surface area contributed by atoms with Crippen molar-refractivity contribution < 1.29 is 9.53 Å². The highest BCUT2D eigenvalue weighted by Gasteiger charge is 2.21. The fourth-order valence-corrected chi connectivity index (χ4v) is 5.12. The van der Waals surface area contributed by atoms with Gasteiger partial charge in [0.05, 0.1) is 11.8 Å². The third kappa shape index (κ3) is 5.74. The lowest BCUT2D eigenvalue weighted by atomic mass is 10.2. The number of thiazole rings is 1. The summed E-state index contributed by atoms with van der Waals surface area (Å²) in [6, 6.07) is 14.2. The Hall–Kier alpha value is -2.09. The van der Waals surface area contributed by atoms with Gasteiger partial charge in [-0.2, -0.15) is 0 Å². The molecule has 0 aliphatic carbocycles. The molecule has 0 N–H and O–H groups in total. The highest BCUT2D eigenvalue weighted by molar-refractivity contribution is 7.99. The van der Waals surface area contributed by atoms with E-state index < -0.39 is 0 Å². The van der Waals surface area contributed by atoms with Gasteiger partial charge in [-0.1, -0.05) is 35.6 Å². The standard InChI is InChI=1S/C23H29N3O2S2/c1-17-11-12-19(28-4)21-22(17)30-23(24-21)26(15-8-14-25(2)3)20(27)13-16-29-18-9-6-5-7-10-18/h5-7,9-12H,8,13-16H2,1-4H3. The van der Waals surface area contributed by atoms with Crippen LogP contribution in [0.5, 0.6) is 5.75 Å². The number of anilines is 1. The van der Waals surface area contributed by atoms with Crippen LogP contribution in [0.25, 0.3) is 10.2 Å². The van der Waals surface area contributed by atoms with Crippen LogP contribution in [0.15, 0.2) is 47.4 Å². The van der Waals surface area contributed by atoms with Crippen LogP contribution < -0.4 is 9.64 Å². The summed E-state index contributed by atoms with van der Waals surface area (Å²) in [4.78, 5) is 23.2. The molecule has 0 spiro atoms. The average Bonchev–Trinajstić information content (AvgIpc) is 3.18. The summed E-state index contributed by atoms with van der Waals surface area (Å²) in [7, 11) is 5.76. The van der Waals surface area contributed by atoms with Crippen LogP contribution in [0, 0.1) is 6.92 Å². The minimum Gasteiger partial charge on any atom is -0.494 e. The first-order valence-corrected chi connectivity index (χ1v) is 11.9. The number of rotatable bonds is 10. The van der Waals surface area contributed by atoms with Crippen molar-refractivity contribution in [3.05, 3.63) is 48.0 Å². The summed E-state index contributed by atoms with van der Waals surface area (Å²) in [5, 5.41) is 0.756. The number of fused-ring (bicyclic) bond motifs is 1. The van der Waals surface area contributed by atoms with E-state index in [1.165, 1.54) is 4.90 Å². The van der Waals surface area contributed by atoms with E-state index in [0.29, 0.717) is 13.0 Å². The van der Waals surface area contributed by atoms with Gasteiger partial charge in [0.1, 0.15) is 11.3 Å². The van der Waals surface area contributed by atoms with Gasteiger partial charge in [-0.15, -0.1) is 11.8 Å². The fraction of sp³-hybridized carbons (Fsp3) is 0.391. The van der Waals surface area contributed by atoms with Gasteiger partial charge in [0, 0.05) is 23.6 Å². The van der Waals surface area contributed by atoms with Crippen molar-refractivity contribution in [2.75, 3.05) is 44.9 Å². The normalized spacial score (nSPS) is 11.2. The minimum atomic E-state index is 0.118. The van der Waals surface area contributed by atoms with E-state index in [2.05, 4.69) is 38.1 Å². The second-order valence-electron chi connectivity index (χ2n) is 7.37. The first-order valence-electron chi connectivity index (χ1n) is 10.1. The number of hydrogen-bond acceptors (Lipinski definition) is 6. The number of carbonyl (C=O) groups excluding carboxylic acids is 1. The Bertz CT molecular complexity index is 973. The lowest BCUT2D eigenvalue weighted by Gasteiger charge is -2.21. The monoisotopic (exact) mass is 443 g/mol. The molecule has 0 aliphatic heterocycles. The molecule has 160 valence electrons. The molecule has 0 saturated heterocycles. The number of methoxy groups -OCH3 is 1. The number of aromatic nitrogens is 1. The highest BCUT2D eigenvalue weighted by Crippen LogP contribution is 2.36. The molecule has 1 aromatic heterocycles. The summed E-state index contributed by atoms with van der Waals surface area (Å²) in [6.07, 6.45) is 1.38. The Morgan fingerprint density at radius 2 is 1.90 bits per heavy atom. The molecule has 1 heterocycles. The second-order valence-corrected chi connectivity index (χ2v) is 9.52.